The van der Waals surface area contributed by atoms with Crippen molar-refractivity contribution in [1.82, 2.24) is 5.32 Å². The molecule has 0 aromatic heterocycles. The van der Waals surface area contributed by atoms with E-state index in [1.165, 1.54) is 25.7 Å². The molecule has 0 aliphatic carbocycles. The number of carbonyl (C=O) groups is 1. The zero-order valence-electron chi connectivity index (χ0n) is 13.3. The second-order valence-corrected chi connectivity index (χ2v) is 6.10. The summed E-state index contributed by atoms with van der Waals surface area (Å²) >= 11 is 0. The molecule has 2 N–H and O–H groups in total. The Bertz CT molecular complexity index is 389. The van der Waals surface area contributed by atoms with Crippen molar-refractivity contribution in [3.05, 3.63) is 35.9 Å². The largest absolute Gasteiger partial charge is 0.481 e. The molecule has 0 aliphatic rings. The third kappa shape index (κ3) is 7.86. The molecule has 1 aromatic carbocycles. The van der Waals surface area contributed by atoms with Crippen molar-refractivity contribution in [2.45, 2.75) is 51.9 Å². The van der Waals surface area contributed by atoms with Crippen LogP contribution >= 0.6 is 0 Å². The molecule has 0 saturated heterocycles. The van der Waals surface area contributed by atoms with Crippen LogP contribution in [0.5, 0.6) is 0 Å². The second-order valence-electron chi connectivity index (χ2n) is 6.10. The summed E-state index contributed by atoms with van der Waals surface area (Å²) in [6, 6.07) is 9.45. The highest BCUT2D eigenvalue weighted by atomic mass is 16.4. The minimum absolute atomic E-state index is 0.452. The van der Waals surface area contributed by atoms with E-state index in [0.717, 1.165) is 24.4 Å². The van der Waals surface area contributed by atoms with Gasteiger partial charge in [0.15, 0.2) is 0 Å². The molecule has 1 aromatic rings. The number of unbranched alkanes of at least 4 members (excludes halogenated alkanes) is 3. The molecule has 0 fully saturated rings. The summed E-state index contributed by atoms with van der Waals surface area (Å²) in [5.41, 5.74) is 0.870. The first kappa shape index (κ1) is 17.7. The molecule has 1 rings (SSSR count). The number of rotatable bonds is 11. The van der Waals surface area contributed by atoms with Gasteiger partial charge >= 0.3 is 5.97 Å². The van der Waals surface area contributed by atoms with Crippen LogP contribution < -0.4 is 5.32 Å². The van der Waals surface area contributed by atoms with E-state index in [0.29, 0.717) is 6.54 Å². The summed E-state index contributed by atoms with van der Waals surface area (Å²) in [4.78, 5) is 11.3. The van der Waals surface area contributed by atoms with Gasteiger partial charge in [0.1, 0.15) is 0 Å². The van der Waals surface area contributed by atoms with Crippen molar-refractivity contribution in [2.24, 2.45) is 5.92 Å². The monoisotopic (exact) mass is 291 g/mol. The molecule has 1 atom stereocenters. The normalized spacial score (nSPS) is 12.5. The fraction of sp³-hybridized carbons (Fsp3) is 0.611. The lowest BCUT2D eigenvalue weighted by molar-refractivity contribution is -0.138. The van der Waals surface area contributed by atoms with Crippen LogP contribution in [0.1, 0.15) is 57.4 Å². The Morgan fingerprint density at radius 1 is 1.10 bits per heavy atom. The van der Waals surface area contributed by atoms with Gasteiger partial charge in [-0.1, -0.05) is 69.9 Å². The van der Waals surface area contributed by atoms with Crippen molar-refractivity contribution >= 4 is 5.97 Å². The highest BCUT2D eigenvalue weighted by Crippen LogP contribution is 2.15. The Hall–Kier alpha value is -1.35. The Kier molecular flexibility index (Phi) is 8.76. The molecule has 0 spiro atoms. The first-order valence-electron chi connectivity index (χ1n) is 8.09. The lowest BCUT2D eigenvalue weighted by Gasteiger charge is -2.13. The summed E-state index contributed by atoms with van der Waals surface area (Å²) in [5.74, 6) is -0.414. The van der Waals surface area contributed by atoms with Gasteiger partial charge in [0.2, 0.25) is 0 Å². The number of nitrogens with one attached hydrogen (secondary N) is 1. The lowest BCUT2D eigenvalue weighted by atomic mass is 9.99. The van der Waals surface area contributed by atoms with Crippen LogP contribution in [0.15, 0.2) is 30.3 Å². The van der Waals surface area contributed by atoms with E-state index in [1.807, 2.05) is 30.3 Å². The predicted octanol–water partition coefficient (Wildman–Crippen LogP) is 4.05. The molecular formula is C18H29NO2. The van der Waals surface area contributed by atoms with Crippen molar-refractivity contribution in [2.75, 3.05) is 13.1 Å². The van der Waals surface area contributed by atoms with Gasteiger partial charge in [-0.3, -0.25) is 4.79 Å². The topological polar surface area (TPSA) is 49.3 Å². The van der Waals surface area contributed by atoms with Gasteiger partial charge in [0.25, 0.3) is 0 Å². The molecule has 0 bridgehead atoms. The maximum Gasteiger partial charge on any atom is 0.312 e. The number of hydrogen-bond donors (Lipinski definition) is 2. The Balaban J connectivity index is 2.16. The first-order chi connectivity index (χ1) is 10.1. The van der Waals surface area contributed by atoms with E-state index in [-0.39, 0.29) is 0 Å². The number of carboxylic acid groups (broad SMARTS) is 1. The highest BCUT2D eigenvalue weighted by molar-refractivity contribution is 5.76. The van der Waals surface area contributed by atoms with E-state index < -0.39 is 11.9 Å². The van der Waals surface area contributed by atoms with Crippen molar-refractivity contribution in [1.29, 1.82) is 0 Å². The molecule has 0 aliphatic heterocycles. The zero-order chi connectivity index (χ0) is 15.5. The van der Waals surface area contributed by atoms with Gasteiger partial charge in [-0.15, -0.1) is 0 Å². The predicted molar refractivity (Wildman–Crippen MR) is 87.6 cm³/mol. The summed E-state index contributed by atoms with van der Waals surface area (Å²) in [6.45, 7) is 5.93. The molecule has 0 amide bonds. The van der Waals surface area contributed by atoms with Crippen LogP contribution in [0, 0.1) is 5.92 Å². The average Bonchev–Trinajstić information content (AvgIpc) is 2.46. The van der Waals surface area contributed by atoms with Crippen molar-refractivity contribution in [3.63, 3.8) is 0 Å². The lowest BCUT2D eigenvalue weighted by Crippen LogP contribution is -2.27. The van der Waals surface area contributed by atoms with Crippen LogP contribution in [-0.4, -0.2) is 24.2 Å². The summed E-state index contributed by atoms with van der Waals surface area (Å²) < 4.78 is 0. The number of benzene rings is 1. The molecule has 118 valence electrons. The molecule has 0 radical (unpaired) electrons. The number of aliphatic carboxylic acids is 1. The van der Waals surface area contributed by atoms with Gasteiger partial charge in [0.05, 0.1) is 5.92 Å². The van der Waals surface area contributed by atoms with E-state index in [4.69, 9.17) is 0 Å². The average molecular weight is 291 g/mol. The van der Waals surface area contributed by atoms with E-state index >= 15 is 0 Å². The number of carboxylic acids is 1. The fourth-order valence-corrected chi connectivity index (χ4v) is 2.44. The molecular weight excluding hydrogens is 262 g/mol. The van der Waals surface area contributed by atoms with Gasteiger partial charge in [-0.05, 0) is 24.4 Å². The molecule has 1 unspecified atom stereocenters. The second kappa shape index (κ2) is 10.4. The molecule has 3 heteroatoms. The Morgan fingerprint density at radius 2 is 1.76 bits per heavy atom. The maximum absolute atomic E-state index is 11.3. The van der Waals surface area contributed by atoms with Crippen molar-refractivity contribution < 1.29 is 9.90 Å². The minimum atomic E-state index is -0.759. The van der Waals surface area contributed by atoms with Crippen LogP contribution in [0.2, 0.25) is 0 Å². The van der Waals surface area contributed by atoms with E-state index in [1.54, 1.807) is 0 Å². The third-order valence-electron chi connectivity index (χ3n) is 3.73. The SMILES string of the molecule is CC(C)CCCCCCNCC(C(=O)O)c1ccccc1. The smallest absolute Gasteiger partial charge is 0.312 e. The standard InChI is InChI=1S/C18H29NO2/c1-15(2)10-6-3-4-9-13-19-14-17(18(20)21)16-11-7-5-8-12-16/h5,7-8,11-12,15,17,19H,3-4,6,9-10,13-14H2,1-2H3,(H,20,21). The molecule has 3 nitrogen and oxygen atoms in total. The Morgan fingerprint density at radius 3 is 2.38 bits per heavy atom. The van der Waals surface area contributed by atoms with Gasteiger partial charge in [0, 0.05) is 6.54 Å². The van der Waals surface area contributed by atoms with Gasteiger partial charge in [-0.2, -0.15) is 0 Å². The van der Waals surface area contributed by atoms with Gasteiger partial charge < -0.3 is 10.4 Å². The van der Waals surface area contributed by atoms with Crippen LogP contribution in [-0.2, 0) is 4.79 Å². The molecule has 21 heavy (non-hydrogen) atoms. The maximum atomic E-state index is 11.3. The zero-order valence-corrected chi connectivity index (χ0v) is 13.3. The fourth-order valence-electron chi connectivity index (χ4n) is 2.44. The van der Waals surface area contributed by atoms with Gasteiger partial charge in [-0.25, -0.2) is 0 Å². The Labute approximate surface area is 128 Å². The number of hydrogen-bond acceptors (Lipinski definition) is 2. The highest BCUT2D eigenvalue weighted by Gasteiger charge is 2.18. The molecule has 0 heterocycles. The van der Waals surface area contributed by atoms with Crippen LogP contribution in [0.4, 0.5) is 0 Å². The van der Waals surface area contributed by atoms with E-state index in [9.17, 15) is 9.90 Å². The quantitative estimate of drug-likeness (QED) is 0.605. The minimum Gasteiger partial charge on any atom is -0.481 e. The molecule has 0 saturated carbocycles. The van der Waals surface area contributed by atoms with Crippen molar-refractivity contribution in [3.8, 4) is 0 Å². The summed E-state index contributed by atoms with van der Waals surface area (Å²) in [7, 11) is 0. The first-order valence-corrected chi connectivity index (χ1v) is 8.09. The third-order valence-corrected chi connectivity index (χ3v) is 3.73. The summed E-state index contributed by atoms with van der Waals surface area (Å²) in [5, 5.41) is 12.6. The van der Waals surface area contributed by atoms with Crippen LogP contribution in [0.25, 0.3) is 0 Å². The summed E-state index contributed by atoms with van der Waals surface area (Å²) in [6.07, 6.45) is 6.24. The van der Waals surface area contributed by atoms with E-state index in [2.05, 4.69) is 19.2 Å². The van der Waals surface area contributed by atoms with Crippen LogP contribution in [0.3, 0.4) is 0 Å².